The number of Topliss-reactive ketones (excluding diaryl/α,β-unsaturated/α-hetero) is 1. The fraction of sp³-hybridized carbons (Fsp3) is 0.300. The minimum Gasteiger partial charge on any atom is -0.427 e. The van der Waals surface area contributed by atoms with Gasteiger partial charge in [-0.05, 0) is 18.6 Å². The van der Waals surface area contributed by atoms with Crippen molar-refractivity contribution in [2.24, 2.45) is 0 Å². The van der Waals surface area contributed by atoms with Crippen molar-refractivity contribution in [1.29, 1.82) is 0 Å². The second-order valence-electron chi connectivity index (χ2n) is 3.32. The summed E-state index contributed by atoms with van der Waals surface area (Å²) < 4.78 is 28.0. The molecule has 0 amide bonds. The van der Waals surface area contributed by atoms with Gasteiger partial charge in [0.2, 0.25) is 5.75 Å². The fourth-order valence-corrected chi connectivity index (χ4v) is 1.30. The quantitative estimate of drug-likeness (QED) is 0.589. The number of ketones is 1. The van der Waals surface area contributed by atoms with Gasteiger partial charge in [0.15, 0.2) is 0 Å². The maximum absolute atomic E-state index is 12.0. The van der Waals surface area contributed by atoms with E-state index in [1.165, 1.54) is 13.0 Å². The van der Waals surface area contributed by atoms with Gasteiger partial charge in [0.1, 0.15) is 5.78 Å². The van der Waals surface area contributed by atoms with Crippen LogP contribution in [0.25, 0.3) is 0 Å². The van der Waals surface area contributed by atoms with Crippen molar-refractivity contribution in [1.82, 2.24) is 0 Å². The van der Waals surface area contributed by atoms with Crippen molar-refractivity contribution in [3.05, 3.63) is 33.9 Å². The lowest BCUT2D eigenvalue weighted by Crippen LogP contribution is -2.05. The molecule has 0 saturated heterocycles. The molecular formula is C10H9F2NO4. The summed E-state index contributed by atoms with van der Waals surface area (Å²) in [7, 11) is 0. The molecular weight excluding hydrogens is 236 g/mol. The Kier molecular flexibility index (Phi) is 4.08. The first kappa shape index (κ1) is 13.0. The lowest BCUT2D eigenvalue weighted by atomic mass is 10.1. The van der Waals surface area contributed by atoms with Crippen molar-refractivity contribution in [2.45, 2.75) is 20.0 Å². The first-order chi connectivity index (χ1) is 7.90. The average molecular weight is 245 g/mol. The number of hydrogen-bond acceptors (Lipinski definition) is 4. The van der Waals surface area contributed by atoms with E-state index in [0.29, 0.717) is 5.56 Å². The first-order valence-corrected chi connectivity index (χ1v) is 4.61. The first-order valence-electron chi connectivity index (χ1n) is 4.61. The largest absolute Gasteiger partial charge is 0.427 e. The minimum absolute atomic E-state index is 0.00972. The van der Waals surface area contributed by atoms with Gasteiger partial charge < -0.3 is 4.74 Å². The molecule has 0 saturated carbocycles. The second-order valence-corrected chi connectivity index (χ2v) is 3.32. The number of rotatable bonds is 5. The molecule has 0 heterocycles. The van der Waals surface area contributed by atoms with Crippen LogP contribution in [0.2, 0.25) is 0 Å². The Morgan fingerprint density at radius 2 is 2.18 bits per heavy atom. The van der Waals surface area contributed by atoms with E-state index >= 15 is 0 Å². The van der Waals surface area contributed by atoms with Crippen LogP contribution in [0.1, 0.15) is 12.5 Å². The molecule has 0 bridgehead atoms. The van der Waals surface area contributed by atoms with E-state index < -0.39 is 23.0 Å². The number of nitro benzene ring substituents is 1. The highest BCUT2D eigenvalue weighted by Gasteiger charge is 2.19. The Morgan fingerprint density at radius 3 is 2.65 bits per heavy atom. The summed E-state index contributed by atoms with van der Waals surface area (Å²) in [5.74, 6) is -0.695. The van der Waals surface area contributed by atoms with Crippen LogP contribution in [-0.4, -0.2) is 17.3 Å². The Morgan fingerprint density at radius 1 is 1.53 bits per heavy atom. The molecule has 1 aromatic carbocycles. The second kappa shape index (κ2) is 5.33. The van der Waals surface area contributed by atoms with Gasteiger partial charge in [-0.15, -0.1) is 0 Å². The summed E-state index contributed by atoms with van der Waals surface area (Å²) in [6, 6.07) is 3.45. The number of ether oxygens (including phenoxy) is 1. The lowest BCUT2D eigenvalue weighted by Gasteiger charge is -2.06. The van der Waals surface area contributed by atoms with E-state index in [0.717, 1.165) is 12.1 Å². The van der Waals surface area contributed by atoms with Crippen LogP contribution in [-0.2, 0) is 11.2 Å². The normalized spacial score (nSPS) is 10.4. The maximum Gasteiger partial charge on any atom is 0.387 e. The maximum atomic E-state index is 12.0. The fourth-order valence-electron chi connectivity index (χ4n) is 1.30. The molecule has 0 fully saturated rings. The monoisotopic (exact) mass is 245 g/mol. The van der Waals surface area contributed by atoms with E-state index in [2.05, 4.69) is 4.74 Å². The van der Waals surface area contributed by atoms with Crippen molar-refractivity contribution >= 4 is 11.5 Å². The molecule has 1 rings (SSSR count). The number of benzene rings is 1. The number of halogens is 2. The standard InChI is InChI=1S/C10H9F2NO4/c1-6(14)4-7-2-3-9(17-10(11)12)8(5-7)13(15)16/h2-3,5,10H,4H2,1H3. The molecule has 0 spiro atoms. The Labute approximate surface area is 95.2 Å². The summed E-state index contributed by atoms with van der Waals surface area (Å²) in [6.07, 6.45) is 0.00972. The highest BCUT2D eigenvalue weighted by molar-refractivity contribution is 5.78. The molecule has 0 N–H and O–H groups in total. The third-order valence-corrected chi connectivity index (χ3v) is 1.89. The number of alkyl halides is 2. The number of hydrogen-bond donors (Lipinski definition) is 0. The van der Waals surface area contributed by atoms with Crippen molar-refractivity contribution < 1.29 is 23.2 Å². The number of nitrogens with zero attached hydrogens (tertiary/aromatic N) is 1. The van der Waals surface area contributed by atoms with Crippen LogP contribution in [0, 0.1) is 10.1 Å². The van der Waals surface area contributed by atoms with Crippen molar-refractivity contribution in [3.63, 3.8) is 0 Å². The van der Waals surface area contributed by atoms with Gasteiger partial charge in [-0.3, -0.25) is 14.9 Å². The van der Waals surface area contributed by atoms with Crippen LogP contribution in [0.15, 0.2) is 18.2 Å². The molecule has 17 heavy (non-hydrogen) atoms. The zero-order valence-electron chi connectivity index (χ0n) is 8.85. The van der Waals surface area contributed by atoms with Crippen LogP contribution in [0.4, 0.5) is 14.5 Å². The molecule has 7 heteroatoms. The Hall–Kier alpha value is -2.05. The molecule has 0 aromatic heterocycles. The van der Waals surface area contributed by atoms with Crippen LogP contribution in [0.5, 0.6) is 5.75 Å². The summed E-state index contributed by atoms with van der Waals surface area (Å²) in [4.78, 5) is 20.6. The molecule has 0 aliphatic heterocycles. The third kappa shape index (κ3) is 3.78. The molecule has 1 aromatic rings. The summed E-state index contributed by atoms with van der Waals surface area (Å²) in [5.41, 5.74) is -0.199. The Balaban J connectivity index is 3.08. The van der Waals surface area contributed by atoms with Gasteiger partial charge in [-0.25, -0.2) is 0 Å². The lowest BCUT2D eigenvalue weighted by molar-refractivity contribution is -0.386. The zero-order valence-corrected chi connectivity index (χ0v) is 8.85. The van der Waals surface area contributed by atoms with Crippen LogP contribution >= 0.6 is 0 Å². The van der Waals surface area contributed by atoms with E-state index in [1.54, 1.807) is 0 Å². The Bertz CT molecular complexity index is 448. The third-order valence-electron chi connectivity index (χ3n) is 1.89. The summed E-state index contributed by atoms with van der Waals surface area (Å²) >= 11 is 0. The van der Waals surface area contributed by atoms with Gasteiger partial charge >= 0.3 is 12.3 Å². The van der Waals surface area contributed by atoms with E-state index in [9.17, 15) is 23.7 Å². The number of carbonyl (C=O) groups is 1. The van der Waals surface area contributed by atoms with Crippen LogP contribution < -0.4 is 4.74 Å². The number of carbonyl (C=O) groups excluding carboxylic acids is 1. The smallest absolute Gasteiger partial charge is 0.387 e. The number of nitro groups is 1. The highest BCUT2D eigenvalue weighted by Crippen LogP contribution is 2.29. The van der Waals surface area contributed by atoms with Gasteiger partial charge in [-0.1, -0.05) is 6.07 Å². The van der Waals surface area contributed by atoms with Crippen LogP contribution in [0.3, 0.4) is 0 Å². The molecule has 0 radical (unpaired) electrons. The molecule has 0 atom stereocenters. The molecule has 92 valence electrons. The van der Waals surface area contributed by atoms with Gasteiger partial charge in [0.25, 0.3) is 0 Å². The molecule has 0 aliphatic carbocycles. The average Bonchev–Trinajstić information content (AvgIpc) is 2.18. The van der Waals surface area contributed by atoms with Crippen molar-refractivity contribution in [2.75, 3.05) is 0 Å². The van der Waals surface area contributed by atoms with Crippen molar-refractivity contribution in [3.8, 4) is 5.75 Å². The summed E-state index contributed by atoms with van der Waals surface area (Å²) in [6.45, 7) is -1.80. The summed E-state index contributed by atoms with van der Waals surface area (Å²) in [5, 5.41) is 10.6. The minimum atomic E-state index is -3.13. The predicted molar refractivity (Wildman–Crippen MR) is 54.1 cm³/mol. The van der Waals surface area contributed by atoms with Gasteiger partial charge in [0, 0.05) is 12.5 Å². The SMILES string of the molecule is CC(=O)Cc1ccc(OC(F)F)c([N+](=O)[O-])c1. The zero-order chi connectivity index (χ0) is 13.0. The molecule has 5 nitrogen and oxygen atoms in total. The molecule has 0 aliphatic rings. The van der Waals surface area contributed by atoms with Gasteiger partial charge in [-0.2, -0.15) is 8.78 Å². The van der Waals surface area contributed by atoms with E-state index in [4.69, 9.17) is 0 Å². The molecule has 0 unspecified atom stereocenters. The topological polar surface area (TPSA) is 69.4 Å². The van der Waals surface area contributed by atoms with Gasteiger partial charge in [0.05, 0.1) is 4.92 Å². The van der Waals surface area contributed by atoms with E-state index in [1.807, 2.05) is 0 Å². The predicted octanol–water partition coefficient (Wildman–Crippen LogP) is 2.33. The van der Waals surface area contributed by atoms with E-state index in [-0.39, 0.29) is 12.2 Å². The highest BCUT2D eigenvalue weighted by atomic mass is 19.3.